The number of amides is 1. The third kappa shape index (κ3) is 2.90. The van der Waals surface area contributed by atoms with Gasteiger partial charge < -0.3 is 10.4 Å². The minimum atomic E-state index is -5.52. The second-order valence-electron chi connectivity index (χ2n) is 5.92. The van der Waals surface area contributed by atoms with Crippen LogP contribution < -0.4 is 21.7 Å². The zero-order chi connectivity index (χ0) is 21.1. The highest BCUT2D eigenvalue weighted by Crippen LogP contribution is 2.44. The molecule has 0 radical (unpaired) electrons. The number of alkyl halides is 3. The summed E-state index contributed by atoms with van der Waals surface area (Å²) in [5.74, 6) is -2.74. The lowest BCUT2D eigenvalue weighted by Crippen LogP contribution is -2.50. The predicted molar refractivity (Wildman–Crippen MR) is 86.8 cm³/mol. The Morgan fingerprint density at radius 3 is 2.21 bits per heavy atom. The van der Waals surface area contributed by atoms with E-state index in [0.717, 1.165) is 12.1 Å². The van der Waals surface area contributed by atoms with Crippen molar-refractivity contribution in [2.24, 2.45) is 5.14 Å². The van der Waals surface area contributed by atoms with Crippen LogP contribution >= 0.6 is 0 Å². The van der Waals surface area contributed by atoms with Crippen LogP contribution in [-0.2, 0) is 27.0 Å². The highest BCUT2D eigenvalue weighted by atomic mass is 32.2. The van der Waals surface area contributed by atoms with Crippen molar-refractivity contribution in [2.45, 2.75) is 23.2 Å². The Morgan fingerprint density at radius 1 is 1.14 bits per heavy atom. The summed E-state index contributed by atoms with van der Waals surface area (Å²) < 4.78 is 62.9. The van der Waals surface area contributed by atoms with Gasteiger partial charge in [0, 0.05) is 0 Å². The van der Waals surface area contributed by atoms with E-state index in [1.807, 2.05) is 0 Å². The fourth-order valence-electron chi connectivity index (χ4n) is 2.74. The summed E-state index contributed by atoms with van der Waals surface area (Å²) in [5.41, 5.74) is -7.96. The number of nitrogens with two attached hydrogens (primary N) is 1. The van der Waals surface area contributed by atoms with E-state index in [9.17, 15) is 41.1 Å². The number of benzene rings is 1. The monoisotopic (exact) mass is 420 g/mol. The van der Waals surface area contributed by atoms with Crippen LogP contribution in [0, 0.1) is 0 Å². The van der Waals surface area contributed by atoms with Gasteiger partial charge in [0.1, 0.15) is 11.4 Å². The molecular formula is C14H11F3N4O6S. The molecule has 0 bridgehead atoms. The quantitative estimate of drug-likeness (QED) is 0.494. The summed E-state index contributed by atoms with van der Waals surface area (Å²) in [6, 6.07) is 4.67. The van der Waals surface area contributed by atoms with E-state index in [2.05, 4.69) is 0 Å². The number of hydrogen-bond donors (Lipinski definition) is 4. The normalized spacial score (nSPS) is 19.4. The van der Waals surface area contributed by atoms with Gasteiger partial charge in [-0.2, -0.15) is 13.2 Å². The van der Waals surface area contributed by atoms with Gasteiger partial charge in [0.15, 0.2) is 0 Å². The van der Waals surface area contributed by atoms with Crippen LogP contribution in [-0.4, -0.2) is 35.2 Å². The van der Waals surface area contributed by atoms with Gasteiger partial charge in [-0.25, -0.2) is 18.4 Å². The average Bonchev–Trinajstić information content (AvgIpc) is 2.84. The van der Waals surface area contributed by atoms with Crippen molar-refractivity contribution in [3.05, 3.63) is 56.2 Å². The van der Waals surface area contributed by atoms with Crippen LogP contribution in [0.25, 0.3) is 0 Å². The number of aliphatic hydroxyl groups is 1. The van der Waals surface area contributed by atoms with Crippen LogP contribution in [0.3, 0.4) is 0 Å². The fourth-order valence-corrected chi connectivity index (χ4v) is 3.25. The number of carbonyl (C=O) groups is 1. The third-order valence-electron chi connectivity index (χ3n) is 4.12. The summed E-state index contributed by atoms with van der Waals surface area (Å²) in [4.78, 5) is 37.2. The number of anilines is 1. The van der Waals surface area contributed by atoms with Crippen LogP contribution in [0.2, 0.25) is 0 Å². The topological polar surface area (TPSA) is 164 Å². The summed E-state index contributed by atoms with van der Waals surface area (Å²) in [5, 5.41) is 16.6. The fraction of sp³-hybridized carbons (Fsp3) is 0.214. The molecule has 1 atom stereocenters. The molecule has 1 aliphatic heterocycles. The average molecular weight is 420 g/mol. The zero-order valence-corrected chi connectivity index (χ0v) is 14.4. The van der Waals surface area contributed by atoms with Crippen LogP contribution in [0.5, 0.6) is 0 Å². The van der Waals surface area contributed by atoms with E-state index in [4.69, 9.17) is 5.14 Å². The van der Waals surface area contributed by atoms with Crippen molar-refractivity contribution < 1.29 is 31.5 Å². The maximum atomic E-state index is 13.2. The maximum absolute atomic E-state index is 13.2. The standard InChI is InChI=1S/C14H11F3N4O6S/c15-14(16,17)13(25)8-9(19-11(13)23)21(12(24)20-10(8)22)5-6-1-3-7(4-2-6)28(18,26)27/h1-4,25H,5H2,(H,19,23)(H2,18,26,27)(H,20,22,24). The smallest absolute Gasteiger partial charge is 0.368 e. The molecule has 2 heterocycles. The van der Waals surface area contributed by atoms with Crippen molar-refractivity contribution in [3.8, 4) is 0 Å². The van der Waals surface area contributed by atoms with E-state index < -0.39 is 56.9 Å². The van der Waals surface area contributed by atoms with E-state index in [-0.39, 0.29) is 10.5 Å². The molecule has 1 amide bonds. The number of primary sulfonamides is 1. The molecular weight excluding hydrogens is 409 g/mol. The molecule has 0 aliphatic carbocycles. The summed E-state index contributed by atoms with van der Waals surface area (Å²) >= 11 is 0. The van der Waals surface area contributed by atoms with E-state index >= 15 is 0 Å². The molecule has 5 N–H and O–H groups in total. The SMILES string of the molecule is NS(=O)(=O)c1ccc(Cn2c3c(c(=O)[nH]c2=O)C(O)(C(F)(F)F)C(=O)N3)cc1. The molecule has 0 spiro atoms. The second-order valence-corrected chi connectivity index (χ2v) is 7.48. The molecule has 1 aromatic heterocycles. The number of carbonyl (C=O) groups excluding carboxylic acids is 1. The number of nitrogens with zero attached hydrogens (tertiary/aromatic N) is 1. The van der Waals surface area contributed by atoms with Gasteiger partial charge in [-0.05, 0) is 17.7 Å². The van der Waals surface area contributed by atoms with Gasteiger partial charge in [0.25, 0.3) is 17.1 Å². The van der Waals surface area contributed by atoms with Crippen LogP contribution in [0.4, 0.5) is 19.0 Å². The number of rotatable bonds is 3. The van der Waals surface area contributed by atoms with Gasteiger partial charge in [0.2, 0.25) is 10.0 Å². The lowest BCUT2D eigenvalue weighted by Gasteiger charge is -2.22. The molecule has 3 rings (SSSR count). The van der Waals surface area contributed by atoms with Gasteiger partial charge >= 0.3 is 11.9 Å². The first-order valence-corrected chi connectivity index (χ1v) is 8.91. The number of H-pyrrole nitrogens is 1. The number of hydrogen-bond acceptors (Lipinski definition) is 6. The summed E-state index contributed by atoms with van der Waals surface area (Å²) in [7, 11) is -3.99. The third-order valence-corrected chi connectivity index (χ3v) is 5.05. The minimum absolute atomic E-state index is 0.237. The van der Waals surface area contributed by atoms with Crippen molar-refractivity contribution in [1.29, 1.82) is 0 Å². The van der Waals surface area contributed by atoms with E-state index in [0.29, 0.717) is 4.57 Å². The van der Waals surface area contributed by atoms with Crippen LogP contribution in [0.1, 0.15) is 11.1 Å². The Kier molecular flexibility index (Phi) is 4.25. The maximum Gasteiger partial charge on any atom is 0.431 e. The molecule has 0 saturated carbocycles. The first-order valence-electron chi connectivity index (χ1n) is 7.36. The number of aromatic nitrogens is 2. The number of aromatic amines is 1. The van der Waals surface area contributed by atoms with Crippen molar-refractivity contribution >= 4 is 21.7 Å². The number of fused-ring (bicyclic) bond motifs is 1. The predicted octanol–water partition coefficient (Wildman–Crippen LogP) is -1.07. The second kappa shape index (κ2) is 6.02. The Labute approximate surface area is 153 Å². The van der Waals surface area contributed by atoms with E-state index in [1.165, 1.54) is 12.1 Å². The van der Waals surface area contributed by atoms with Gasteiger partial charge in [-0.3, -0.25) is 19.1 Å². The Morgan fingerprint density at radius 2 is 1.71 bits per heavy atom. The van der Waals surface area contributed by atoms with E-state index in [1.54, 1.807) is 10.3 Å². The van der Waals surface area contributed by atoms with Gasteiger partial charge in [-0.1, -0.05) is 12.1 Å². The molecule has 14 heteroatoms. The van der Waals surface area contributed by atoms with Gasteiger partial charge in [-0.15, -0.1) is 0 Å². The lowest BCUT2D eigenvalue weighted by atomic mass is 9.97. The number of sulfonamides is 1. The highest BCUT2D eigenvalue weighted by Gasteiger charge is 2.66. The molecule has 2 aromatic rings. The molecule has 28 heavy (non-hydrogen) atoms. The molecule has 0 saturated heterocycles. The van der Waals surface area contributed by atoms with Crippen LogP contribution in [0.15, 0.2) is 38.8 Å². The molecule has 1 unspecified atom stereocenters. The number of nitrogens with one attached hydrogen (secondary N) is 2. The van der Waals surface area contributed by atoms with Crippen molar-refractivity contribution in [2.75, 3.05) is 5.32 Å². The lowest BCUT2D eigenvalue weighted by molar-refractivity contribution is -0.252. The van der Waals surface area contributed by atoms with Crippen molar-refractivity contribution in [1.82, 2.24) is 9.55 Å². The Bertz CT molecular complexity index is 1200. The Hall–Kier alpha value is -2.97. The Balaban J connectivity index is 2.15. The molecule has 1 aromatic carbocycles. The van der Waals surface area contributed by atoms with Crippen molar-refractivity contribution in [3.63, 3.8) is 0 Å². The molecule has 10 nitrogen and oxygen atoms in total. The molecule has 150 valence electrons. The number of halogens is 3. The first-order chi connectivity index (χ1) is 12.8. The summed E-state index contributed by atoms with van der Waals surface area (Å²) in [6.07, 6.45) is -5.52. The first kappa shape index (κ1) is 19.8. The molecule has 1 aliphatic rings. The zero-order valence-electron chi connectivity index (χ0n) is 13.6. The highest BCUT2D eigenvalue weighted by molar-refractivity contribution is 7.89. The minimum Gasteiger partial charge on any atom is -0.368 e. The summed E-state index contributed by atoms with van der Waals surface area (Å²) in [6.45, 7) is -0.447. The largest absolute Gasteiger partial charge is 0.431 e. The van der Waals surface area contributed by atoms with Gasteiger partial charge in [0.05, 0.1) is 11.4 Å². The molecule has 0 fully saturated rings.